The zero-order chi connectivity index (χ0) is 20.6. The Kier molecular flexibility index (Phi) is 7.49. The SMILES string of the molecule is CCOc1ccc(C(=O)NCC(=O)OCC(=O)N2CCC[C@@H]3CCCC[C@H]32)cc1. The van der Waals surface area contributed by atoms with Gasteiger partial charge in [-0.05, 0) is 62.8 Å². The van der Waals surface area contributed by atoms with Crippen molar-refractivity contribution in [3.8, 4) is 5.75 Å². The Balaban J connectivity index is 1.41. The van der Waals surface area contributed by atoms with Gasteiger partial charge in [0.25, 0.3) is 11.8 Å². The number of amides is 2. The fraction of sp³-hybridized carbons (Fsp3) is 0.591. The van der Waals surface area contributed by atoms with E-state index in [0.29, 0.717) is 29.9 Å². The molecule has 1 N–H and O–H groups in total. The first-order chi connectivity index (χ1) is 14.1. The number of hydrogen-bond donors (Lipinski definition) is 1. The summed E-state index contributed by atoms with van der Waals surface area (Å²) in [6.45, 7) is 2.64. The molecule has 0 radical (unpaired) electrons. The van der Waals surface area contributed by atoms with Crippen LogP contribution >= 0.6 is 0 Å². The number of piperidine rings is 1. The number of esters is 1. The minimum absolute atomic E-state index is 0.132. The molecule has 1 aliphatic carbocycles. The maximum Gasteiger partial charge on any atom is 0.325 e. The second-order valence-corrected chi connectivity index (χ2v) is 7.64. The Hall–Kier alpha value is -2.57. The van der Waals surface area contributed by atoms with Gasteiger partial charge in [-0.1, -0.05) is 12.8 Å². The highest BCUT2D eigenvalue weighted by Gasteiger charge is 2.35. The van der Waals surface area contributed by atoms with Crippen LogP contribution in [-0.2, 0) is 14.3 Å². The van der Waals surface area contributed by atoms with Gasteiger partial charge in [0.15, 0.2) is 6.61 Å². The summed E-state index contributed by atoms with van der Waals surface area (Å²) in [5, 5.41) is 2.52. The third kappa shape index (κ3) is 5.71. The lowest BCUT2D eigenvalue weighted by Gasteiger charge is -2.44. The second-order valence-electron chi connectivity index (χ2n) is 7.64. The van der Waals surface area contributed by atoms with E-state index in [4.69, 9.17) is 9.47 Å². The van der Waals surface area contributed by atoms with Crippen LogP contribution in [0.25, 0.3) is 0 Å². The number of rotatable bonds is 7. The van der Waals surface area contributed by atoms with Crippen molar-refractivity contribution in [1.82, 2.24) is 10.2 Å². The Bertz CT molecular complexity index is 716. The summed E-state index contributed by atoms with van der Waals surface area (Å²) in [4.78, 5) is 38.5. The summed E-state index contributed by atoms with van der Waals surface area (Å²) < 4.78 is 10.4. The zero-order valence-electron chi connectivity index (χ0n) is 17.0. The fourth-order valence-corrected chi connectivity index (χ4v) is 4.33. The fourth-order valence-electron chi connectivity index (χ4n) is 4.33. The molecule has 2 aliphatic rings. The summed E-state index contributed by atoms with van der Waals surface area (Å²) >= 11 is 0. The van der Waals surface area contributed by atoms with E-state index in [-0.39, 0.29) is 25.0 Å². The van der Waals surface area contributed by atoms with Gasteiger partial charge >= 0.3 is 5.97 Å². The molecule has 2 fully saturated rings. The van der Waals surface area contributed by atoms with Crippen molar-refractivity contribution in [3.05, 3.63) is 29.8 Å². The second kappa shape index (κ2) is 10.3. The van der Waals surface area contributed by atoms with Crippen LogP contribution < -0.4 is 10.1 Å². The first kappa shape index (κ1) is 21.1. The maximum atomic E-state index is 12.6. The Labute approximate surface area is 171 Å². The number of nitrogens with one attached hydrogen (secondary N) is 1. The minimum atomic E-state index is -0.616. The summed E-state index contributed by atoms with van der Waals surface area (Å²) in [5.41, 5.74) is 0.425. The summed E-state index contributed by atoms with van der Waals surface area (Å²) in [7, 11) is 0. The average molecular weight is 402 g/mol. The van der Waals surface area contributed by atoms with E-state index < -0.39 is 5.97 Å². The maximum absolute atomic E-state index is 12.6. The first-order valence-corrected chi connectivity index (χ1v) is 10.5. The van der Waals surface area contributed by atoms with E-state index in [1.165, 1.54) is 19.3 Å². The first-order valence-electron chi connectivity index (χ1n) is 10.5. The molecule has 1 saturated heterocycles. The Morgan fingerprint density at radius 1 is 1.07 bits per heavy atom. The van der Waals surface area contributed by atoms with Gasteiger partial charge in [-0.2, -0.15) is 0 Å². The van der Waals surface area contributed by atoms with Crippen LogP contribution in [0.3, 0.4) is 0 Å². The standard InChI is InChI=1S/C22H30N2O5/c1-2-28-18-11-9-17(10-12-18)22(27)23-14-21(26)29-15-20(25)24-13-5-7-16-6-3-4-8-19(16)24/h9-12,16,19H,2-8,13-15H2,1H3,(H,23,27)/t16-,19+/m0/s1. The molecule has 2 atom stereocenters. The molecular formula is C22H30N2O5. The highest BCUT2D eigenvalue weighted by Crippen LogP contribution is 2.35. The monoisotopic (exact) mass is 402 g/mol. The number of hydrogen-bond acceptors (Lipinski definition) is 5. The van der Waals surface area contributed by atoms with Gasteiger partial charge < -0.3 is 19.7 Å². The predicted molar refractivity (Wildman–Crippen MR) is 108 cm³/mol. The molecule has 1 aromatic rings. The van der Waals surface area contributed by atoms with Crippen molar-refractivity contribution in [2.45, 2.75) is 51.5 Å². The molecule has 29 heavy (non-hydrogen) atoms. The summed E-state index contributed by atoms with van der Waals surface area (Å²) in [6, 6.07) is 6.96. The van der Waals surface area contributed by atoms with Crippen molar-refractivity contribution in [2.24, 2.45) is 5.92 Å². The molecule has 1 saturated carbocycles. The summed E-state index contributed by atoms with van der Waals surface area (Å²) in [6.07, 6.45) is 6.83. The molecule has 7 heteroatoms. The number of carbonyl (C=O) groups is 3. The third-order valence-electron chi connectivity index (χ3n) is 5.74. The van der Waals surface area contributed by atoms with Gasteiger partial charge in [0.2, 0.25) is 0 Å². The Morgan fingerprint density at radius 3 is 2.55 bits per heavy atom. The largest absolute Gasteiger partial charge is 0.494 e. The normalized spacial score (nSPS) is 21.1. The Morgan fingerprint density at radius 2 is 1.79 bits per heavy atom. The van der Waals surface area contributed by atoms with Crippen molar-refractivity contribution in [1.29, 1.82) is 0 Å². The number of fused-ring (bicyclic) bond motifs is 1. The van der Waals surface area contributed by atoms with Crippen molar-refractivity contribution >= 4 is 17.8 Å². The number of benzene rings is 1. The van der Waals surface area contributed by atoms with E-state index in [1.54, 1.807) is 24.3 Å². The molecule has 0 unspecified atom stereocenters. The molecule has 0 aromatic heterocycles. The van der Waals surface area contributed by atoms with Crippen molar-refractivity contribution in [2.75, 3.05) is 26.3 Å². The quantitative estimate of drug-likeness (QED) is 0.709. The number of carbonyl (C=O) groups excluding carboxylic acids is 3. The highest BCUT2D eigenvalue weighted by molar-refractivity contribution is 5.96. The number of likely N-dealkylation sites (tertiary alicyclic amines) is 1. The van der Waals surface area contributed by atoms with E-state index >= 15 is 0 Å². The van der Waals surface area contributed by atoms with Gasteiger partial charge in [0.05, 0.1) is 6.61 Å². The molecule has 1 aliphatic heterocycles. The van der Waals surface area contributed by atoms with E-state index in [0.717, 1.165) is 25.8 Å². The van der Waals surface area contributed by atoms with Gasteiger partial charge in [0, 0.05) is 18.2 Å². The van der Waals surface area contributed by atoms with Gasteiger partial charge in [-0.15, -0.1) is 0 Å². The molecule has 7 nitrogen and oxygen atoms in total. The minimum Gasteiger partial charge on any atom is -0.494 e. The molecular weight excluding hydrogens is 372 g/mol. The predicted octanol–water partition coefficient (Wildman–Crippen LogP) is 2.54. The lowest BCUT2D eigenvalue weighted by Crippen LogP contribution is -2.51. The van der Waals surface area contributed by atoms with Crippen LogP contribution in [0.15, 0.2) is 24.3 Å². The lowest BCUT2D eigenvalue weighted by atomic mass is 9.78. The van der Waals surface area contributed by atoms with E-state index in [9.17, 15) is 14.4 Å². The molecule has 2 amide bonds. The molecule has 1 aromatic carbocycles. The van der Waals surface area contributed by atoms with Crippen molar-refractivity contribution in [3.63, 3.8) is 0 Å². The van der Waals surface area contributed by atoms with Gasteiger partial charge in [0.1, 0.15) is 12.3 Å². The smallest absolute Gasteiger partial charge is 0.325 e. The van der Waals surface area contributed by atoms with Crippen LogP contribution in [-0.4, -0.2) is 55.0 Å². The van der Waals surface area contributed by atoms with Crippen LogP contribution in [0.5, 0.6) is 5.75 Å². The molecule has 0 spiro atoms. The molecule has 3 rings (SSSR count). The van der Waals surface area contributed by atoms with Crippen LogP contribution in [0.2, 0.25) is 0 Å². The third-order valence-corrected chi connectivity index (χ3v) is 5.74. The lowest BCUT2D eigenvalue weighted by molar-refractivity contribution is -0.154. The van der Waals surface area contributed by atoms with E-state index in [1.807, 2.05) is 11.8 Å². The van der Waals surface area contributed by atoms with Gasteiger partial charge in [-0.25, -0.2) is 0 Å². The van der Waals surface area contributed by atoms with Crippen molar-refractivity contribution < 1.29 is 23.9 Å². The van der Waals surface area contributed by atoms with Gasteiger partial charge in [-0.3, -0.25) is 14.4 Å². The summed E-state index contributed by atoms with van der Waals surface area (Å²) in [5.74, 6) is 0.144. The van der Waals surface area contributed by atoms with Crippen LogP contribution in [0.4, 0.5) is 0 Å². The van der Waals surface area contributed by atoms with Crippen LogP contribution in [0.1, 0.15) is 55.8 Å². The number of nitrogens with zero attached hydrogens (tertiary/aromatic N) is 1. The van der Waals surface area contributed by atoms with Crippen LogP contribution in [0, 0.1) is 5.92 Å². The highest BCUT2D eigenvalue weighted by atomic mass is 16.5. The number of ether oxygens (including phenoxy) is 2. The zero-order valence-corrected chi connectivity index (χ0v) is 17.0. The molecule has 1 heterocycles. The molecule has 158 valence electrons. The average Bonchev–Trinajstić information content (AvgIpc) is 2.76. The molecule has 0 bridgehead atoms. The topological polar surface area (TPSA) is 84.9 Å². The van der Waals surface area contributed by atoms with E-state index in [2.05, 4.69) is 5.32 Å².